The molecule has 4 rings (SSSR count). The lowest BCUT2D eigenvalue weighted by Gasteiger charge is -2.33. The Morgan fingerprint density at radius 3 is 2.31 bits per heavy atom. The van der Waals surface area contributed by atoms with Gasteiger partial charge in [-0.3, -0.25) is 0 Å². The van der Waals surface area contributed by atoms with E-state index < -0.39 is 0 Å². The molecular weight excluding hydrogens is 364 g/mol. The van der Waals surface area contributed by atoms with Crippen molar-refractivity contribution in [3.63, 3.8) is 0 Å². The zero-order valence-electron chi connectivity index (χ0n) is 15.1. The highest BCUT2D eigenvalue weighted by molar-refractivity contribution is 7.68. The molecule has 0 aliphatic carbocycles. The van der Waals surface area contributed by atoms with E-state index in [0.717, 1.165) is 33.1 Å². The van der Waals surface area contributed by atoms with Crippen LogP contribution in [0.2, 0.25) is 0 Å². The molecule has 6 heteroatoms. The molecule has 1 aliphatic heterocycles. The van der Waals surface area contributed by atoms with Crippen LogP contribution in [0.5, 0.6) is 11.5 Å². The van der Waals surface area contributed by atoms with Crippen LogP contribution in [-0.2, 0) is 5.54 Å². The van der Waals surface area contributed by atoms with E-state index in [0.29, 0.717) is 0 Å². The maximum atomic E-state index is 5.44. The van der Waals surface area contributed by atoms with Gasteiger partial charge < -0.3 is 14.8 Å². The molecular formula is C20H20N2O2S2. The highest BCUT2D eigenvalue weighted by atomic mass is 32.9. The van der Waals surface area contributed by atoms with Gasteiger partial charge in [0.2, 0.25) is 0 Å². The minimum Gasteiger partial charge on any atom is -0.497 e. The lowest BCUT2D eigenvalue weighted by Crippen LogP contribution is -2.31. The van der Waals surface area contributed by atoms with Gasteiger partial charge in [-0.25, -0.2) is 4.99 Å². The predicted molar refractivity (Wildman–Crippen MR) is 109 cm³/mol. The predicted octanol–water partition coefficient (Wildman–Crippen LogP) is 5.39. The van der Waals surface area contributed by atoms with Crippen LogP contribution in [0.3, 0.4) is 0 Å². The molecule has 26 heavy (non-hydrogen) atoms. The summed E-state index contributed by atoms with van der Waals surface area (Å²) in [4.78, 5) is 6.22. The van der Waals surface area contributed by atoms with Crippen molar-refractivity contribution in [2.45, 2.75) is 19.4 Å². The summed E-state index contributed by atoms with van der Waals surface area (Å²) in [5.74, 6) is 1.68. The summed E-state index contributed by atoms with van der Waals surface area (Å²) < 4.78 is 11.7. The van der Waals surface area contributed by atoms with Gasteiger partial charge >= 0.3 is 0 Å². The summed E-state index contributed by atoms with van der Waals surface area (Å²) in [5.41, 5.74) is 4.24. The molecule has 1 aromatic heterocycles. The van der Waals surface area contributed by atoms with Crippen LogP contribution in [0.25, 0.3) is 11.1 Å². The average Bonchev–Trinajstić information content (AvgIpc) is 3.07. The third-order valence-electron chi connectivity index (χ3n) is 4.46. The van der Waals surface area contributed by atoms with Crippen LogP contribution in [0, 0.1) is 0 Å². The first kappa shape index (κ1) is 17.1. The highest BCUT2D eigenvalue weighted by Gasteiger charge is 2.33. The van der Waals surface area contributed by atoms with Crippen molar-refractivity contribution in [1.29, 1.82) is 0 Å². The van der Waals surface area contributed by atoms with Crippen LogP contribution in [-0.4, -0.2) is 14.2 Å². The first-order valence-electron chi connectivity index (χ1n) is 8.31. The largest absolute Gasteiger partial charge is 0.497 e. The van der Waals surface area contributed by atoms with Crippen LogP contribution in [0.15, 0.2) is 47.5 Å². The fourth-order valence-electron chi connectivity index (χ4n) is 3.12. The molecule has 0 amide bonds. The number of hydrogen-bond donors (Lipinski definition) is 1. The molecule has 0 unspecified atom stereocenters. The van der Waals surface area contributed by atoms with Crippen molar-refractivity contribution < 1.29 is 9.47 Å². The van der Waals surface area contributed by atoms with E-state index in [9.17, 15) is 0 Å². The van der Waals surface area contributed by atoms with Crippen LogP contribution in [0.1, 0.15) is 18.7 Å². The molecule has 0 atom stereocenters. The second-order valence-electron chi connectivity index (χ2n) is 6.65. The Kier molecular flexibility index (Phi) is 4.25. The Bertz CT molecular complexity index is 1020. The number of anilines is 1. The summed E-state index contributed by atoms with van der Waals surface area (Å²) in [6.45, 7) is 4.42. The number of rotatable bonds is 3. The van der Waals surface area contributed by atoms with Crippen molar-refractivity contribution in [1.82, 2.24) is 0 Å². The molecule has 0 radical (unpaired) electrons. The van der Waals surface area contributed by atoms with Gasteiger partial charge in [-0.05, 0) is 56.3 Å². The molecule has 0 saturated heterocycles. The molecule has 1 N–H and O–H groups in total. The molecule has 0 saturated carbocycles. The summed E-state index contributed by atoms with van der Waals surface area (Å²) in [5, 5.41) is 3.64. The number of benzene rings is 2. The van der Waals surface area contributed by atoms with Gasteiger partial charge in [-0.2, -0.15) is 0 Å². The smallest absolute Gasteiger partial charge is 0.135 e. The highest BCUT2D eigenvalue weighted by Crippen LogP contribution is 2.46. The first-order valence-corrected chi connectivity index (χ1v) is 10.5. The summed E-state index contributed by atoms with van der Waals surface area (Å²) >= 11 is 0. The third-order valence-corrected chi connectivity index (χ3v) is 7.10. The van der Waals surface area contributed by atoms with Gasteiger partial charge in [-0.15, -0.1) is 0 Å². The van der Waals surface area contributed by atoms with E-state index in [-0.39, 0.29) is 5.54 Å². The summed E-state index contributed by atoms with van der Waals surface area (Å²) in [6.07, 6.45) is 0. The zero-order chi connectivity index (χ0) is 18.3. The third kappa shape index (κ3) is 2.89. The molecule has 2 aromatic carbocycles. The lowest BCUT2D eigenvalue weighted by molar-refractivity contribution is 0.415. The second-order valence-corrected chi connectivity index (χ2v) is 8.78. The van der Waals surface area contributed by atoms with E-state index in [1.54, 1.807) is 34.9 Å². The molecule has 0 spiro atoms. The van der Waals surface area contributed by atoms with Crippen LogP contribution in [0.4, 0.5) is 11.4 Å². The average molecular weight is 385 g/mol. The van der Waals surface area contributed by atoms with Gasteiger partial charge in [0, 0.05) is 16.8 Å². The standard InChI is InChI=1S/C20H20N2O2S2/c1-20(2)18-17(15-11-14(24-4)9-10-16(15)22-20)19(26-25-18)21-12-5-7-13(23-3)8-6-12/h5-11,22H,1-4H3. The Morgan fingerprint density at radius 1 is 0.923 bits per heavy atom. The Morgan fingerprint density at radius 2 is 1.62 bits per heavy atom. The molecule has 0 bridgehead atoms. The van der Waals surface area contributed by atoms with E-state index in [1.165, 1.54) is 10.4 Å². The molecule has 4 nitrogen and oxygen atoms in total. The minimum absolute atomic E-state index is 0.133. The summed E-state index contributed by atoms with van der Waals surface area (Å²) in [6, 6.07) is 14.0. The summed E-state index contributed by atoms with van der Waals surface area (Å²) in [7, 11) is 6.86. The monoisotopic (exact) mass is 384 g/mol. The van der Waals surface area contributed by atoms with Crippen molar-refractivity contribution in [3.8, 4) is 22.6 Å². The normalized spacial score (nSPS) is 15.0. The number of hydrogen-bond acceptors (Lipinski definition) is 6. The van der Waals surface area contributed by atoms with E-state index in [1.807, 2.05) is 30.3 Å². The van der Waals surface area contributed by atoms with Gasteiger partial charge in [0.05, 0.1) is 30.3 Å². The van der Waals surface area contributed by atoms with Gasteiger partial charge in [0.25, 0.3) is 0 Å². The first-order chi connectivity index (χ1) is 12.5. The maximum Gasteiger partial charge on any atom is 0.135 e. The number of nitrogens with one attached hydrogen (secondary N) is 1. The Hall–Kier alpha value is -2.31. The maximum absolute atomic E-state index is 5.44. The van der Waals surface area contributed by atoms with E-state index in [2.05, 4.69) is 31.3 Å². The van der Waals surface area contributed by atoms with Gasteiger partial charge in [-0.1, -0.05) is 20.7 Å². The molecule has 2 heterocycles. The molecule has 1 aliphatic rings. The van der Waals surface area contributed by atoms with Crippen LogP contribution >= 0.6 is 20.7 Å². The Labute approximate surface area is 160 Å². The van der Waals surface area contributed by atoms with Crippen molar-refractivity contribution >= 4 is 32.1 Å². The minimum atomic E-state index is -0.133. The lowest BCUT2D eigenvalue weighted by atomic mass is 9.90. The van der Waals surface area contributed by atoms with E-state index >= 15 is 0 Å². The van der Waals surface area contributed by atoms with Crippen molar-refractivity contribution in [2.24, 2.45) is 4.99 Å². The molecule has 134 valence electrons. The number of fused-ring (bicyclic) bond motifs is 3. The van der Waals surface area contributed by atoms with E-state index in [4.69, 9.17) is 14.5 Å². The number of methoxy groups -OCH3 is 2. The van der Waals surface area contributed by atoms with Crippen molar-refractivity contribution in [3.05, 3.63) is 52.0 Å². The fourth-order valence-corrected chi connectivity index (χ4v) is 6.06. The quantitative estimate of drug-likeness (QED) is 0.616. The topological polar surface area (TPSA) is 42.9 Å². The molecule has 3 aromatic rings. The SMILES string of the molecule is COc1ccc(N=c2ssc3c2-c2cc(OC)ccc2NC3(C)C)cc1. The van der Waals surface area contributed by atoms with Crippen molar-refractivity contribution in [2.75, 3.05) is 19.5 Å². The van der Waals surface area contributed by atoms with Crippen LogP contribution < -0.4 is 19.5 Å². The second kappa shape index (κ2) is 6.45. The molecule has 0 fully saturated rings. The number of nitrogens with zero attached hydrogens (tertiary/aromatic N) is 1. The van der Waals surface area contributed by atoms with Gasteiger partial charge in [0.15, 0.2) is 0 Å². The fraction of sp³-hybridized carbons (Fsp3) is 0.250. The zero-order valence-corrected chi connectivity index (χ0v) is 16.8. The Balaban J connectivity index is 1.92. The van der Waals surface area contributed by atoms with Gasteiger partial charge in [0.1, 0.15) is 16.2 Å². The number of ether oxygens (including phenoxy) is 2.